The van der Waals surface area contributed by atoms with E-state index in [4.69, 9.17) is 0 Å². The zero-order valence-corrected chi connectivity index (χ0v) is 24.0. The largest absolute Gasteiger partial charge is 0.389 e. The molecule has 2 unspecified atom stereocenters. The van der Waals surface area contributed by atoms with Gasteiger partial charge in [0.05, 0.1) is 10.9 Å². The van der Waals surface area contributed by atoms with E-state index in [2.05, 4.69) is 36.8 Å². The van der Waals surface area contributed by atoms with E-state index in [0.717, 1.165) is 24.0 Å². The second-order valence-electron chi connectivity index (χ2n) is 12.5. The minimum Gasteiger partial charge on any atom is -0.389 e. The maximum atomic E-state index is 14.7. The van der Waals surface area contributed by atoms with Gasteiger partial charge in [0.25, 0.3) is 0 Å². The van der Waals surface area contributed by atoms with Crippen LogP contribution in [0.15, 0.2) is 77.4 Å². The van der Waals surface area contributed by atoms with Crippen LogP contribution in [0.2, 0.25) is 0 Å². The quantitative estimate of drug-likeness (QED) is 0.362. The highest BCUT2D eigenvalue weighted by Crippen LogP contribution is 2.60. The second-order valence-corrected chi connectivity index (χ2v) is 14.5. The van der Waals surface area contributed by atoms with Crippen LogP contribution in [0.3, 0.4) is 0 Å². The van der Waals surface area contributed by atoms with Crippen molar-refractivity contribution in [1.82, 2.24) is 4.72 Å². The maximum Gasteiger partial charge on any atom is 0.214 e. The van der Waals surface area contributed by atoms with Crippen LogP contribution >= 0.6 is 0 Å². The van der Waals surface area contributed by atoms with Gasteiger partial charge in [0.1, 0.15) is 11.6 Å². The number of allylic oxidation sites excluding steroid dienone is 5. The van der Waals surface area contributed by atoms with Gasteiger partial charge in [-0.1, -0.05) is 55.0 Å². The summed E-state index contributed by atoms with van der Waals surface area (Å²) in [7, 11) is -3.41. The summed E-state index contributed by atoms with van der Waals surface area (Å²) in [4.78, 5) is 0. The van der Waals surface area contributed by atoms with Crippen LogP contribution in [0.5, 0.6) is 0 Å². The van der Waals surface area contributed by atoms with E-state index in [0.29, 0.717) is 44.1 Å². The molecule has 212 valence electrons. The van der Waals surface area contributed by atoms with E-state index in [9.17, 15) is 22.3 Å². The minimum absolute atomic E-state index is 0.0498. The SMILES string of the molecule is CC12CC3=C(C=C1CCC2(O)CCCc1cccc(F)c1CNS(=O)(=O)C1CC1)[C@](C)(c1ccc(F)cc1)C=C3. The molecule has 0 aromatic heterocycles. The monoisotopic (exact) mass is 565 g/mol. The van der Waals surface area contributed by atoms with Crippen LogP contribution in [0, 0.1) is 17.0 Å². The Morgan fingerprint density at radius 3 is 2.55 bits per heavy atom. The first-order valence-electron chi connectivity index (χ1n) is 14.3. The summed E-state index contributed by atoms with van der Waals surface area (Å²) in [5.74, 6) is -0.652. The molecule has 2 aromatic carbocycles. The van der Waals surface area contributed by atoms with Crippen LogP contribution in [0.1, 0.15) is 75.5 Å². The number of aliphatic hydroxyl groups is 1. The van der Waals surface area contributed by atoms with Gasteiger partial charge < -0.3 is 5.11 Å². The molecule has 0 amide bonds. The summed E-state index contributed by atoms with van der Waals surface area (Å²) in [6.45, 7) is 4.28. The number of sulfonamides is 1. The highest BCUT2D eigenvalue weighted by atomic mass is 32.2. The van der Waals surface area contributed by atoms with Gasteiger partial charge in [-0.15, -0.1) is 0 Å². The number of hydrogen-bond acceptors (Lipinski definition) is 3. The smallest absolute Gasteiger partial charge is 0.214 e. The van der Waals surface area contributed by atoms with Crippen molar-refractivity contribution in [3.05, 3.63) is 106 Å². The van der Waals surface area contributed by atoms with Gasteiger partial charge >= 0.3 is 0 Å². The molecule has 0 radical (unpaired) electrons. The van der Waals surface area contributed by atoms with Crippen LogP contribution in [-0.4, -0.2) is 24.4 Å². The van der Waals surface area contributed by atoms with Gasteiger partial charge in [0.15, 0.2) is 0 Å². The number of fused-ring (bicyclic) bond motifs is 1. The van der Waals surface area contributed by atoms with E-state index in [1.54, 1.807) is 6.07 Å². The van der Waals surface area contributed by atoms with Gasteiger partial charge in [0, 0.05) is 22.9 Å². The van der Waals surface area contributed by atoms with Crippen LogP contribution < -0.4 is 4.72 Å². The molecule has 0 heterocycles. The molecular weight excluding hydrogens is 528 g/mol. The zero-order valence-electron chi connectivity index (χ0n) is 23.1. The average Bonchev–Trinajstić information content (AvgIpc) is 3.69. The summed E-state index contributed by atoms with van der Waals surface area (Å²) in [6.07, 6.45) is 12.0. The Balaban J connectivity index is 1.16. The maximum absolute atomic E-state index is 14.7. The van der Waals surface area contributed by atoms with Crippen LogP contribution in [0.4, 0.5) is 8.78 Å². The van der Waals surface area contributed by atoms with Gasteiger partial charge in [-0.3, -0.25) is 0 Å². The fourth-order valence-electron chi connectivity index (χ4n) is 7.16. The van der Waals surface area contributed by atoms with Crippen molar-refractivity contribution in [2.24, 2.45) is 5.41 Å². The molecule has 40 heavy (non-hydrogen) atoms. The molecular formula is C33H37F2NO3S. The number of rotatable bonds is 9. The Kier molecular flexibility index (Phi) is 6.71. The summed E-state index contributed by atoms with van der Waals surface area (Å²) in [5, 5.41) is 11.7. The zero-order chi connectivity index (χ0) is 28.3. The highest BCUT2D eigenvalue weighted by molar-refractivity contribution is 7.90. The Bertz CT molecular complexity index is 1540. The Labute approximate surface area is 235 Å². The van der Waals surface area contributed by atoms with E-state index in [1.165, 1.54) is 34.9 Å². The topological polar surface area (TPSA) is 66.4 Å². The Morgan fingerprint density at radius 2 is 1.82 bits per heavy atom. The molecule has 7 heteroatoms. The molecule has 4 nitrogen and oxygen atoms in total. The molecule has 4 aliphatic carbocycles. The third-order valence-corrected chi connectivity index (χ3v) is 11.9. The summed E-state index contributed by atoms with van der Waals surface area (Å²) in [6, 6.07) is 11.6. The lowest BCUT2D eigenvalue weighted by molar-refractivity contribution is -0.0478. The first-order chi connectivity index (χ1) is 19.0. The third-order valence-electron chi connectivity index (χ3n) is 10.0. The third kappa shape index (κ3) is 4.60. The molecule has 0 spiro atoms. The van der Waals surface area contributed by atoms with Gasteiger partial charge in [-0.25, -0.2) is 21.9 Å². The van der Waals surface area contributed by atoms with E-state index < -0.39 is 26.9 Å². The predicted molar refractivity (Wildman–Crippen MR) is 153 cm³/mol. The van der Waals surface area contributed by atoms with Crippen molar-refractivity contribution in [2.75, 3.05) is 0 Å². The highest BCUT2D eigenvalue weighted by Gasteiger charge is 2.55. The lowest BCUT2D eigenvalue weighted by Gasteiger charge is -2.44. The Morgan fingerprint density at radius 1 is 1.07 bits per heavy atom. The molecule has 6 rings (SSSR count). The van der Waals surface area contributed by atoms with E-state index >= 15 is 0 Å². The minimum atomic E-state index is -3.41. The lowest BCUT2D eigenvalue weighted by atomic mass is 9.63. The molecule has 2 aromatic rings. The molecule has 2 fully saturated rings. The van der Waals surface area contributed by atoms with Crippen molar-refractivity contribution >= 4 is 10.0 Å². The van der Waals surface area contributed by atoms with Crippen molar-refractivity contribution < 1.29 is 22.3 Å². The number of benzene rings is 2. The van der Waals surface area contributed by atoms with Crippen LogP contribution in [-0.2, 0) is 28.4 Å². The molecule has 2 N–H and O–H groups in total. The molecule has 0 saturated heterocycles. The summed E-state index contributed by atoms with van der Waals surface area (Å²) >= 11 is 0. The molecule has 0 bridgehead atoms. The summed E-state index contributed by atoms with van der Waals surface area (Å²) in [5.41, 5.74) is 4.32. The van der Waals surface area contributed by atoms with Crippen molar-refractivity contribution in [3.63, 3.8) is 0 Å². The molecule has 4 aliphatic rings. The average molecular weight is 566 g/mol. The summed E-state index contributed by atoms with van der Waals surface area (Å²) < 4.78 is 55.5. The fourth-order valence-corrected chi connectivity index (χ4v) is 8.50. The van der Waals surface area contributed by atoms with Gasteiger partial charge in [-0.2, -0.15) is 0 Å². The molecule has 0 aliphatic heterocycles. The normalized spacial score (nSPS) is 29.5. The molecule has 3 atom stereocenters. The first kappa shape index (κ1) is 27.6. The van der Waals surface area contributed by atoms with Crippen LogP contribution in [0.25, 0.3) is 0 Å². The lowest BCUT2D eigenvalue weighted by Crippen LogP contribution is -2.44. The van der Waals surface area contributed by atoms with Gasteiger partial charge in [0.2, 0.25) is 10.0 Å². The van der Waals surface area contributed by atoms with Gasteiger partial charge in [-0.05, 0) is 98.8 Å². The van der Waals surface area contributed by atoms with E-state index in [1.807, 2.05) is 18.2 Å². The van der Waals surface area contributed by atoms with E-state index in [-0.39, 0.29) is 23.0 Å². The second kappa shape index (κ2) is 9.74. The standard InChI is InChI=1S/C33H37F2NO3S/c1-31(24-8-10-26(34)11-9-24)17-14-23-20-32(2)25(19-29(23)31)15-18-33(32,37)16-4-6-22-5-3-7-30(35)28(22)21-36-40(38,39)27-12-13-27/h3,5,7-11,14,17,19,27,36-37H,4,6,12-13,15-16,18,20-21H2,1-2H3/t31-,32?,33?/m0/s1. The fraction of sp³-hybridized carbons (Fsp3) is 0.455. The first-order valence-corrected chi connectivity index (χ1v) is 15.9. The van der Waals surface area contributed by atoms with Crippen molar-refractivity contribution in [2.45, 2.75) is 88.0 Å². The number of nitrogens with one attached hydrogen (secondary N) is 1. The van der Waals surface area contributed by atoms with Crippen molar-refractivity contribution in [1.29, 1.82) is 0 Å². The Hall–Kier alpha value is -2.61. The number of halogens is 2. The number of aryl methyl sites for hydroxylation is 1. The van der Waals surface area contributed by atoms with Crippen molar-refractivity contribution in [3.8, 4) is 0 Å². The molecule has 2 saturated carbocycles. The predicted octanol–water partition coefficient (Wildman–Crippen LogP) is 6.55. The number of hydrogen-bond donors (Lipinski definition) is 2.